The van der Waals surface area contributed by atoms with Crippen molar-refractivity contribution in [3.8, 4) is 5.75 Å². The Morgan fingerprint density at radius 3 is 2.56 bits per heavy atom. The molecule has 132 valence electrons. The summed E-state index contributed by atoms with van der Waals surface area (Å²) in [5.41, 5.74) is 0.594. The molecule has 7 nitrogen and oxygen atoms in total. The van der Waals surface area contributed by atoms with Gasteiger partial charge in [0.1, 0.15) is 11.5 Å². The molecule has 1 aliphatic rings. The molecule has 0 aliphatic carbocycles. The second kappa shape index (κ2) is 8.34. The van der Waals surface area contributed by atoms with E-state index in [0.717, 1.165) is 0 Å². The molecule has 2 amide bonds. The van der Waals surface area contributed by atoms with Crippen molar-refractivity contribution in [3.05, 3.63) is 54.0 Å². The van der Waals surface area contributed by atoms with Gasteiger partial charge in [0, 0.05) is 18.7 Å². The van der Waals surface area contributed by atoms with Crippen LogP contribution in [0.4, 0.5) is 0 Å². The Hall–Kier alpha value is -2.80. The smallest absolute Gasteiger partial charge is 0.258 e. The Morgan fingerprint density at radius 2 is 1.88 bits per heavy atom. The van der Waals surface area contributed by atoms with E-state index in [1.807, 2.05) is 0 Å². The maximum Gasteiger partial charge on any atom is 0.258 e. The van der Waals surface area contributed by atoms with Gasteiger partial charge < -0.3 is 24.1 Å². The first-order chi connectivity index (χ1) is 12.2. The van der Waals surface area contributed by atoms with Crippen LogP contribution in [0.15, 0.2) is 47.1 Å². The summed E-state index contributed by atoms with van der Waals surface area (Å²) in [4.78, 5) is 25.8. The standard InChI is InChI=1S/C18H20N2O5/c21-17(19-12-16-2-1-9-24-16)13-25-15-5-3-14(4-6-15)18(22)20-7-10-23-11-8-20/h1-6,9H,7-8,10-13H2,(H,19,21). The molecule has 0 atom stereocenters. The number of morpholine rings is 1. The van der Waals surface area contributed by atoms with Crippen molar-refractivity contribution < 1.29 is 23.5 Å². The molecule has 1 aromatic carbocycles. The molecule has 1 saturated heterocycles. The number of amides is 2. The van der Waals surface area contributed by atoms with Crippen LogP contribution in [0.2, 0.25) is 0 Å². The molecule has 2 aromatic rings. The maximum atomic E-state index is 12.3. The summed E-state index contributed by atoms with van der Waals surface area (Å²) < 4.78 is 15.8. The van der Waals surface area contributed by atoms with Crippen LogP contribution in [-0.4, -0.2) is 49.6 Å². The predicted molar refractivity (Wildman–Crippen MR) is 89.2 cm³/mol. The van der Waals surface area contributed by atoms with E-state index in [1.54, 1.807) is 47.6 Å². The molecule has 0 unspecified atom stereocenters. The van der Waals surface area contributed by atoms with E-state index in [4.69, 9.17) is 13.9 Å². The minimum atomic E-state index is -0.245. The highest BCUT2D eigenvalue weighted by atomic mass is 16.5. The zero-order chi connectivity index (χ0) is 17.5. The second-order valence-electron chi connectivity index (χ2n) is 5.57. The third-order valence-corrected chi connectivity index (χ3v) is 3.81. The lowest BCUT2D eigenvalue weighted by Crippen LogP contribution is -2.40. The van der Waals surface area contributed by atoms with Gasteiger partial charge in [0.05, 0.1) is 26.0 Å². The highest BCUT2D eigenvalue weighted by Gasteiger charge is 2.18. The normalized spacial score (nSPS) is 14.2. The Kier molecular flexibility index (Phi) is 5.69. The molecule has 1 aromatic heterocycles. The Labute approximate surface area is 145 Å². The molecule has 3 rings (SSSR count). The Morgan fingerprint density at radius 1 is 1.12 bits per heavy atom. The van der Waals surface area contributed by atoms with Crippen LogP contribution in [0.3, 0.4) is 0 Å². The number of ether oxygens (including phenoxy) is 2. The molecule has 7 heteroatoms. The predicted octanol–water partition coefficient (Wildman–Crippen LogP) is 1.45. The fourth-order valence-electron chi connectivity index (χ4n) is 2.44. The van der Waals surface area contributed by atoms with Crippen LogP contribution in [0.5, 0.6) is 5.75 Å². The number of furan rings is 1. The van der Waals surface area contributed by atoms with Crippen molar-refractivity contribution in [1.82, 2.24) is 10.2 Å². The van der Waals surface area contributed by atoms with E-state index in [9.17, 15) is 9.59 Å². The van der Waals surface area contributed by atoms with Crippen LogP contribution in [0.25, 0.3) is 0 Å². The summed E-state index contributed by atoms with van der Waals surface area (Å²) in [5, 5.41) is 2.70. The monoisotopic (exact) mass is 344 g/mol. The van der Waals surface area contributed by atoms with Gasteiger partial charge in [0.15, 0.2) is 6.61 Å². The third kappa shape index (κ3) is 4.84. The van der Waals surface area contributed by atoms with Crippen molar-refractivity contribution in [3.63, 3.8) is 0 Å². The van der Waals surface area contributed by atoms with E-state index in [2.05, 4.69) is 5.32 Å². The zero-order valence-corrected chi connectivity index (χ0v) is 13.8. The number of hydrogen-bond acceptors (Lipinski definition) is 5. The molecule has 1 N–H and O–H groups in total. The number of rotatable bonds is 6. The lowest BCUT2D eigenvalue weighted by Gasteiger charge is -2.26. The van der Waals surface area contributed by atoms with Gasteiger partial charge in [-0.1, -0.05) is 0 Å². The summed E-state index contributed by atoms with van der Waals surface area (Å²) in [6, 6.07) is 10.3. The third-order valence-electron chi connectivity index (χ3n) is 3.81. The van der Waals surface area contributed by atoms with Crippen molar-refractivity contribution in [1.29, 1.82) is 0 Å². The average molecular weight is 344 g/mol. The second-order valence-corrected chi connectivity index (χ2v) is 5.57. The summed E-state index contributed by atoms with van der Waals surface area (Å²) in [7, 11) is 0. The number of nitrogens with zero attached hydrogens (tertiary/aromatic N) is 1. The minimum Gasteiger partial charge on any atom is -0.484 e. The first-order valence-electron chi connectivity index (χ1n) is 8.11. The largest absolute Gasteiger partial charge is 0.484 e. The van der Waals surface area contributed by atoms with Gasteiger partial charge in [-0.15, -0.1) is 0 Å². The van der Waals surface area contributed by atoms with E-state index in [0.29, 0.717) is 49.9 Å². The first-order valence-corrected chi connectivity index (χ1v) is 8.11. The molecule has 1 fully saturated rings. The van der Waals surface area contributed by atoms with Gasteiger partial charge in [0.2, 0.25) is 0 Å². The summed E-state index contributed by atoms with van der Waals surface area (Å²) >= 11 is 0. The van der Waals surface area contributed by atoms with E-state index in [1.165, 1.54) is 0 Å². The zero-order valence-electron chi connectivity index (χ0n) is 13.8. The molecule has 0 spiro atoms. The van der Waals surface area contributed by atoms with Gasteiger partial charge in [-0.05, 0) is 36.4 Å². The Balaban J connectivity index is 1.45. The average Bonchev–Trinajstić information content (AvgIpc) is 3.19. The van der Waals surface area contributed by atoms with Gasteiger partial charge >= 0.3 is 0 Å². The molecular formula is C18H20N2O5. The summed E-state index contributed by atoms with van der Waals surface area (Å²) in [6.45, 7) is 2.57. The number of nitrogens with one attached hydrogen (secondary N) is 1. The van der Waals surface area contributed by atoms with Gasteiger partial charge in [0.25, 0.3) is 11.8 Å². The van der Waals surface area contributed by atoms with Crippen molar-refractivity contribution in [2.45, 2.75) is 6.54 Å². The summed E-state index contributed by atoms with van der Waals surface area (Å²) in [5.74, 6) is 0.946. The molecule has 0 saturated carbocycles. The van der Waals surface area contributed by atoms with Crippen LogP contribution >= 0.6 is 0 Å². The topological polar surface area (TPSA) is 81.0 Å². The SMILES string of the molecule is O=C(COc1ccc(C(=O)N2CCOCC2)cc1)NCc1ccco1. The number of hydrogen-bond donors (Lipinski definition) is 1. The highest BCUT2D eigenvalue weighted by Crippen LogP contribution is 2.14. The van der Waals surface area contributed by atoms with Crippen LogP contribution in [-0.2, 0) is 16.1 Å². The molecule has 0 radical (unpaired) electrons. The van der Waals surface area contributed by atoms with Crippen molar-refractivity contribution >= 4 is 11.8 Å². The summed E-state index contributed by atoms with van der Waals surface area (Å²) in [6.07, 6.45) is 1.55. The van der Waals surface area contributed by atoms with E-state index < -0.39 is 0 Å². The number of benzene rings is 1. The lowest BCUT2D eigenvalue weighted by molar-refractivity contribution is -0.123. The molecule has 0 bridgehead atoms. The van der Waals surface area contributed by atoms with Gasteiger partial charge in [-0.2, -0.15) is 0 Å². The van der Waals surface area contributed by atoms with Crippen LogP contribution in [0, 0.1) is 0 Å². The molecular weight excluding hydrogens is 324 g/mol. The van der Waals surface area contributed by atoms with Crippen LogP contribution in [0.1, 0.15) is 16.1 Å². The fourth-order valence-corrected chi connectivity index (χ4v) is 2.44. The van der Waals surface area contributed by atoms with Crippen LogP contribution < -0.4 is 10.1 Å². The fraction of sp³-hybridized carbons (Fsp3) is 0.333. The van der Waals surface area contributed by atoms with Gasteiger partial charge in [-0.3, -0.25) is 9.59 Å². The first kappa shape index (κ1) is 17.0. The van der Waals surface area contributed by atoms with Crippen molar-refractivity contribution in [2.75, 3.05) is 32.9 Å². The van der Waals surface area contributed by atoms with E-state index >= 15 is 0 Å². The molecule has 1 aliphatic heterocycles. The molecule has 25 heavy (non-hydrogen) atoms. The highest BCUT2D eigenvalue weighted by molar-refractivity contribution is 5.94. The lowest BCUT2D eigenvalue weighted by atomic mass is 10.2. The van der Waals surface area contributed by atoms with E-state index in [-0.39, 0.29) is 18.4 Å². The van der Waals surface area contributed by atoms with Crippen molar-refractivity contribution in [2.24, 2.45) is 0 Å². The number of carbonyl (C=O) groups is 2. The maximum absolute atomic E-state index is 12.3. The number of carbonyl (C=O) groups excluding carboxylic acids is 2. The Bertz CT molecular complexity index is 691. The quantitative estimate of drug-likeness (QED) is 0.858. The van der Waals surface area contributed by atoms with Gasteiger partial charge in [-0.25, -0.2) is 0 Å². The molecule has 2 heterocycles. The minimum absolute atomic E-state index is 0.0222.